The lowest BCUT2D eigenvalue weighted by molar-refractivity contribution is -0.130. The molecule has 1 aromatic carbocycles. The fourth-order valence-electron chi connectivity index (χ4n) is 2.54. The second kappa shape index (κ2) is 6.16. The van der Waals surface area contributed by atoms with Gasteiger partial charge in [-0.1, -0.05) is 12.1 Å². The number of amides is 1. The second-order valence-corrected chi connectivity index (χ2v) is 5.53. The molecule has 1 aliphatic heterocycles. The molecule has 0 unspecified atom stereocenters. The van der Waals surface area contributed by atoms with Crippen molar-refractivity contribution in [3.05, 3.63) is 57.5 Å². The first-order valence-corrected chi connectivity index (χ1v) is 7.40. The highest BCUT2D eigenvalue weighted by Gasteiger charge is 2.27. The molecule has 6 nitrogen and oxygen atoms in total. The Morgan fingerprint density at radius 3 is 2.78 bits per heavy atom. The van der Waals surface area contributed by atoms with Gasteiger partial charge in [-0.2, -0.15) is 0 Å². The highest BCUT2D eigenvalue weighted by Crippen LogP contribution is 2.30. The van der Waals surface area contributed by atoms with Crippen LogP contribution in [0.1, 0.15) is 16.8 Å². The van der Waals surface area contributed by atoms with Crippen molar-refractivity contribution >= 4 is 5.91 Å². The summed E-state index contributed by atoms with van der Waals surface area (Å²) in [5, 5.41) is 2.74. The molecule has 0 aliphatic carbocycles. The third-order valence-electron chi connectivity index (χ3n) is 3.73. The van der Waals surface area contributed by atoms with Crippen molar-refractivity contribution in [2.24, 2.45) is 0 Å². The van der Waals surface area contributed by atoms with Crippen LogP contribution in [0.4, 0.5) is 0 Å². The van der Waals surface area contributed by atoms with E-state index in [1.54, 1.807) is 12.1 Å². The number of aromatic nitrogens is 1. The van der Waals surface area contributed by atoms with E-state index in [2.05, 4.69) is 10.3 Å². The predicted octanol–water partition coefficient (Wildman–Crippen LogP) is 1.45. The number of fused-ring (bicyclic) bond motifs is 1. The van der Waals surface area contributed by atoms with Gasteiger partial charge in [0.1, 0.15) is 6.61 Å². The monoisotopic (exact) mass is 314 g/mol. The molecule has 1 amide bonds. The predicted molar refractivity (Wildman–Crippen MR) is 84.7 cm³/mol. The zero-order valence-electron chi connectivity index (χ0n) is 13.0. The van der Waals surface area contributed by atoms with Gasteiger partial charge in [0.05, 0.1) is 0 Å². The van der Waals surface area contributed by atoms with Gasteiger partial charge in [-0.15, -0.1) is 0 Å². The van der Waals surface area contributed by atoms with Crippen LogP contribution in [-0.2, 0) is 11.3 Å². The molecule has 0 spiro atoms. The molecule has 2 N–H and O–H groups in total. The van der Waals surface area contributed by atoms with Crippen molar-refractivity contribution in [3.63, 3.8) is 0 Å². The number of nitrogens with one attached hydrogen (secondary N) is 2. The van der Waals surface area contributed by atoms with E-state index in [4.69, 9.17) is 9.47 Å². The van der Waals surface area contributed by atoms with Crippen molar-refractivity contribution in [3.8, 4) is 11.5 Å². The first-order valence-electron chi connectivity index (χ1n) is 7.40. The van der Waals surface area contributed by atoms with Gasteiger partial charge < -0.3 is 19.8 Å². The van der Waals surface area contributed by atoms with Crippen LogP contribution < -0.4 is 20.3 Å². The molecule has 3 rings (SSSR count). The topological polar surface area (TPSA) is 80.4 Å². The van der Waals surface area contributed by atoms with Crippen LogP contribution in [0.15, 0.2) is 35.1 Å². The van der Waals surface area contributed by atoms with E-state index >= 15 is 0 Å². The molecule has 0 fully saturated rings. The minimum absolute atomic E-state index is 0.145. The Morgan fingerprint density at radius 1 is 1.30 bits per heavy atom. The van der Waals surface area contributed by atoms with Crippen molar-refractivity contribution in [1.82, 2.24) is 10.3 Å². The summed E-state index contributed by atoms with van der Waals surface area (Å²) in [6.07, 6.45) is -0.727. The van der Waals surface area contributed by atoms with Crippen LogP contribution in [0.25, 0.3) is 0 Å². The number of pyridine rings is 1. The number of carbonyl (C=O) groups is 1. The summed E-state index contributed by atoms with van der Waals surface area (Å²) >= 11 is 0. The van der Waals surface area contributed by atoms with Gasteiger partial charge >= 0.3 is 0 Å². The zero-order chi connectivity index (χ0) is 16.4. The molecule has 0 bridgehead atoms. The number of ether oxygens (including phenoxy) is 2. The molecule has 1 aromatic heterocycles. The van der Waals surface area contributed by atoms with Gasteiger partial charge in [-0.05, 0) is 37.6 Å². The van der Waals surface area contributed by atoms with Crippen LogP contribution >= 0.6 is 0 Å². The number of hydrogen-bond donors (Lipinski definition) is 2. The molecule has 23 heavy (non-hydrogen) atoms. The van der Waals surface area contributed by atoms with Crippen molar-refractivity contribution in [1.29, 1.82) is 0 Å². The van der Waals surface area contributed by atoms with Crippen molar-refractivity contribution in [2.75, 3.05) is 6.61 Å². The smallest absolute Gasteiger partial charge is 0.264 e. The normalized spacial score (nSPS) is 16.0. The summed E-state index contributed by atoms with van der Waals surface area (Å²) in [6, 6.07) is 9.08. The lowest BCUT2D eigenvalue weighted by Crippen LogP contribution is -2.44. The van der Waals surface area contributed by atoms with Gasteiger partial charge in [0.2, 0.25) is 6.10 Å². The highest BCUT2D eigenvalue weighted by molar-refractivity contribution is 5.81. The summed E-state index contributed by atoms with van der Waals surface area (Å²) in [7, 11) is 0. The number of rotatable bonds is 3. The molecular weight excluding hydrogens is 296 g/mol. The standard InChI is InChI=1S/C17H18N2O4/c1-10-7-11(2)19-16(20)12(10)8-18-17(21)15-9-22-13-5-3-4-6-14(13)23-15/h3-7,15H,8-9H2,1-2H3,(H,18,21)(H,19,20)/t15-/m1/s1. The van der Waals surface area contributed by atoms with Gasteiger partial charge in [0, 0.05) is 17.8 Å². The maximum Gasteiger partial charge on any atom is 0.264 e. The molecule has 2 aromatic rings. The van der Waals surface area contributed by atoms with Crippen LogP contribution in [0, 0.1) is 13.8 Å². The Labute approximate surface area is 133 Å². The van der Waals surface area contributed by atoms with E-state index in [0.29, 0.717) is 17.1 Å². The average Bonchev–Trinajstić information content (AvgIpc) is 2.53. The SMILES string of the molecule is Cc1cc(C)c(CNC(=O)[C@H]2COc3ccccc3O2)c(=O)[nH]1. The number of aromatic amines is 1. The number of para-hydroxylation sites is 2. The molecule has 0 radical (unpaired) electrons. The molecular formula is C17H18N2O4. The molecule has 2 heterocycles. The van der Waals surface area contributed by atoms with Gasteiger partial charge in [-0.25, -0.2) is 0 Å². The summed E-state index contributed by atoms with van der Waals surface area (Å²) in [4.78, 5) is 26.9. The molecule has 6 heteroatoms. The summed E-state index contributed by atoms with van der Waals surface area (Å²) in [5.74, 6) is 0.865. The lowest BCUT2D eigenvalue weighted by Gasteiger charge is -2.25. The number of H-pyrrole nitrogens is 1. The summed E-state index contributed by atoms with van der Waals surface area (Å²) < 4.78 is 11.2. The van der Waals surface area contributed by atoms with Crippen LogP contribution in [0.3, 0.4) is 0 Å². The van der Waals surface area contributed by atoms with Crippen LogP contribution in [0.5, 0.6) is 11.5 Å². The fourth-order valence-corrected chi connectivity index (χ4v) is 2.54. The van der Waals surface area contributed by atoms with Gasteiger partial charge in [0.15, 0.2) is 11.5 Å². The number of carbonyl (C=O) groups excluding carboxylic acids is 1. The Morgan fingerprint density at radius 2 is 2.04 bits per heavy atom. The van der Waals surface area contributed by atoms with E-state index in [1.807, 2.05) is 32.0 Å². The molecule has 1 aliphatic rings. The average molecular weight is 314 g/mol. The third-order valence-corrected chi connectivity index (χ3v) is 3.73. The number of hydrogen-bond acceptors (Lipinski definition) is 4. The fraction of sp³-hybridized carbons (Fsp3) is 0.294. The van der Waals surface area contributed by atoms with E-state index in [1.165, 1.54) is 0 Å². The second-order valence-electron chi connectivity index (χ2n) is 5.53. The maximum absolute atomic E-state index is 12.2. The van der Waals surface area contributed by atoms with E-state index in [9.17, 15) is 9.59 Å². The Hall–Kier alpha value is -2.76. The lowest BCUT2D eigenvalue weighted by atomic mass is 10.1. The van der Waals surface area contributed by atoms with E-state index in [0.717, 1.165) is 11.3 Å². The molecule has 1 atom stereocenters. The van der Waals surface area contributed by atoms with Crippen molar-refractivity contribution in [2.45, 2.75) is 26.5 Å². The minimum Gasteiger partial charge on any atom is -0.485 e. The minimum atomic E-state index is -0.727. The Bertz CT molecular complexity index is 797. The molecule has 0 saturated carbocycles. The van der Waals surface area contributed by atoms with Crippen LogP contribution in [0.2, 0.25) is 0 Å². The number of aryl methyl sites for hydroxylation is 2. The summed E-state index contributed by atoms with van der Waals surface area (Å²) in [5.41, 5.74) is 2.00. The first kappa shape index (κ1) is 15.1. The Kier molecular flexibility index (Phi) is 4.06. The largest absolute Gasteiger partial charge is 0.485 e. The number of benzene rings is 1. The van der Waals surface area contributed by atoms with E-state index < -0.39 is 6.10 Å². The van der Waals surface area contributed by atoms with Gasteiger partial charge in [0.25, 0.3) is 11.5 Å². The third kappa shape index (κ3) is 3.21. The van der Waals surface area contributed by atoms with E-state index in [-0.39, 0.29) is 24.6 Å². The molecule has 0 saturated heterocycles. The Balaban J connectivity index is 1.66. The maximum atomic E-state index is 12.2. The van der Waals surface area contributed by atoms with Crippen molar-refractivity contribution < 1.29 is 14.3 Å². The summed E-state index contributed by atoms with van der Waals surface area (Å²) in [6.45, 7) is 3.97. The zero-order valence-corrected chi connectivity index (χ0v) is 13.0. The molecule has 120 valence electrons. The van der Waals surface area contributed by atoms with Gasteiger partial charge in [-0.3, -0.25) is 9.59 Å². The quantitative estimate of drug-likeness (QED) is 0.898. The van der Waals surface area contributed by atoms with Crippen LogP contribution in [-0.4, -0.2) is 23.6 Å². The highest BCUT2D eigenvalue weighted by atomic mass is 16.6. The first-order chi connectivity index (χ1) is 11.0.